The molecule has 4 N–H and O–H groups in total. The number of nitrogens with two attached hydrogens (primary N) is 1. The Morgan fingerprint density at radius 3 is 1.83 bits per heavy atom. The van der Waals surface area contributed by atoms with Crippen molar-refractivity contribution in [1.82, 2.24) is 0 Å². The molecule has 0 bridgehead atoms. The van der Waals surface area contributed by atoms with E-state index in [0.29, 0.717) is 5.75 Å². The summed E-state index contributed by atoms with van der Waals surface area (Å²) in [6.45, 7) is 9.54. The predicted octanol–water partition coefficient (Wildman–Crippen LogP) is 2.84. The van der Waals surface area contributed by atoms with E-state index in [9.17, 15) is 10.2 Å². The van der Waals surface area contributed by atoms with Crippen LogP contribution in [0.4, 0.5) is 0 Å². The monoisotopic (exact) mass is 273 g/mol. The Labute approximate surface area is 115 Å². The van der Waals surface area contributed by atoms with Crippen LogP contribution in [0.5, 0.6) is 5.75 Å². The smallest absolute Gasteiger partial charge is 0.121 e. The third-order valence-electron chi connectivity index (χ3n) is 3.13. The van der Waals surface area contributed by atoms with Gasteiger partial charge in [0.15, 0.2) is 0 Å². The van der Waals surface area contributed by atoms with E-state index >= 15 is 0 Å². The molecule has 2 atom stereocenters. The zero-order chi connectivity index (χ0) is 13.4. The normalized spacial score (nSPS) is 14.8. The molecule has 1 rings (SSSR count). The summed E-state index contributed by atoms with van der Waals surface area (Å²) in [5.41, 5.74) is 8.25. The summed E-state index contributed by atoms with van der Waals surface area (Å²) in [7, 11) is 0. The van der Waals surface area contributed by atoms with E-state index in [1.165, 1.54) is 0 Å². The SMILES string of the molecule is Cc1cc([C@H](N)[C@H](O)C(C)(C)C)cc(C)c1O.Cl. The number of aliphatic hydroxyl groups excluding tert-OH is 1. The van der Waals surface area contributed by atoms with Gasteiger partial charge in [-0.15, -0.1) is 12.4 Å². The average molecular weight is 274 g/mol. The Bertz CT molecular complexity index is 390. The number of phenolic OH excluding ortho intramolecular Hbond substituents is 1. The van der Waals surface area contributed by atoms with Gasteiger partial charge in [-0.05, 0) is 36.0 Å². The fourth-order valence-electron chi connectivity index (χ4n) is 1.90. The molecule has 0 radical (unpaired) electrons. The number of hydrogen-bond acceptors (Lipinski definition) is 3. The van der Waals surface area contributed by atoms with Gasteiger partial charge in [-0.3, -0.25) is 0 Å². The van der Waals surface area contributed by atoms with E-state index in [1.807, 2.05) is 46.8 Å². The first-order chi connectivity index (χ1) is 7.64. The number of benzene rings is 1. The molecular formula is C14H24ClNO2. The highest BCUT2D eigenvalue weighted by Crippen LogP contribution is 2.31. The van der Waals surface area contributed by atoms with E-state index < -0.39 is 12.1 Å². The molecule has 0 saturated carbocycles. The summed E-state index contributed by atoms with van der Waals surface area (Å²) in [5.74, 6) is 0.297. The number of aryl methyl sites for hydroxylation is 2. The van der Waals surface area contributed by atoms with Gasteiger partial charge in [0, 0.05) is 0 Å². The number of aliphatic hydroxyl groups is 1. The molecule has 4 heteroatoms. The third-order valence-corrected chi connectivity index (χ3v) is 3.13. The van der Waals surface area contributed by atoms with Gasteiger partial charge in [0.05, 0.1) is 12.1 Å². The summed E-state index contributed by atoms with van der Waals surface area (Å²) < 4.78 is 0. The van der Waals surface area contributed by atoms with Crippen LogP contribution in [0.25, 0.3) is 0 Å². The van der Waals surface area contributed by atoms with Gasteiger partial charge in [-0.1, -0.05) is 32.9 Å². The van der Waals surface area contributed by atoms with Gasteiger partial charge in [0.2, 0.25) is 0 Å². The molecule has 0 amide bonds. The first kappa shape index (κ1) is 17.2. The van der Waals surface area contributed by atoms with Gasteiger partial charge in [-0.25, -0.2) is 0 Å². The number of hydrogen-bond donors (Lipinski definition) is 3. The van der Waals surface area contributed by atoms with Gasteiger partial charge < -0.3 is 15.9 Å². The lowest BCUT2D eigenvalue weighted by atomic mass is 9.82. The predicted molar refractivity (Wildman–Crippen MR) is 77.2 cm³/mol. The topological polar surface area (TPSA) is 66.5 Å². The van der Waals surface area contributed by atoms with Crippen LogP contribution in [-0.2, 0) is 0 Å². The zero-order valence-electron chi connectivity index (χ0n) is 11.7. The lowest BCUT2D eigenvalue weighted by Crippen LogP contribution is -2.37. The fourth-order valence-corrected chi connectivity index (χ4v) is 1.90. The van der Waals surface area contributed by atoms with Crippen LogP contribution >= 0.6 is 12.4 Å². The highest BCUT2D eigenvalue weighted by atomic mass is 35.5. The van der Waals surface area contributed by atoms with E-state index in [0.717, 1.165) is 16.7 Å². The molecule has 0 spiro atoms. The number of rotatable bonds is 2. The van der Waals surface area contributed by atoms with Crippen molar-refractivity contribution in [2.45, 2.75) is 46.8 Å². The highest BCUT2D eigenvalue weighted by molar-refractivity contribution is 5.85. The quantitative estimate of drug-likeness (QED) is 0.776. The van der Waals surface area contributed by atoms with Gasteiger partial charge in [-0.2, -0.15) is 0 Å². The molecule has 0 heterocycles. The van der Waals surface area contributed by atoms with Crippen molar-refractivity contribution < 1.29 is 10.2 Å². The summed E-state index contributed by atoms with van der Waals surface area (Å²) in [6, 6.07) is 3.23. The van der Waals surface area contributed by atoms with Gasteiger partial charge in [0.1, 0.15) is 5.75 Å². The summed E-state index contributed by atoms with van der Waals surface area (Å²) in [6.07, 6.45) is -0.620. The van der Waals surface area contributed by atoms with E-state index in [-0.39, 0.29) is 17.8 Å². The second-order valence-electron chi connectivity index (χ2n) is 5.84. The molecule has 1 aromatic carbocycles. The molecule has 18 heavy (non-hydrogen) atoms. The molecule has 0 aliphatic rings. The van der Waals surface area contributed by atoms with Crippen LogP contribution in [0.15, 0.2) is 12.1 Å². The average Bonchev–Trinajstić information content (AvgIpc) is 2.21. The van der Waals surface area contributed by atoms with Crippen molar-refractivity contribution in [1.29, 1.82) is 0 Å². The Kier molecular flexibility index (Phi) is 5.66. The van der Waals surface area contributed by atoms with Gasteiger partial charge in [0.25, 0.3) is 0 Å². The van der Waals surface area contributed by atoms with Crippen molar-refractivity contribution >= 4 is 12.4 Å². The van der Waals surface area contributed by atoms with Crippen LogP contribution in [-0.4, -0.2) is 16.3 Å². The minimum absolute atomic E-state index is 0. The zero-order valence-corrected chi connectivity index (χ0v) is 12.5. The van der Waals surface area contributed by atoms with Crippen LogP contribution in [0.1, 0.15) is 43.5 Å². The van der Waals surface area contributed by atoms with Crippen LogP contribution in [0.3, 0.4) is 0 Å². The minimum atomic E-state index is -0.620. The van der Waals surface area contributed by atoms with E-state index in [2.05, 4.69) is 0 Å². The first-order valence-corrected chi connectivity index (χ1v) is 5.88. The molecule has 0 unspecified atom stereocenters. The third kappa shape index (κ3) is 3.61. The highest BCUT2D eigenvalue weighted by Gasteiger charge is 2.29. The van der Waals surface area contributed by atoms with Crippen LogP contribution < -0.4 is 5.73 Å². The largest absolute Gasteiger partial charge is 0.507 e. The molecule has 1 aromatic rings. The second kappa shape index (κ2) is 5.91. The number of aromatic hydroxyl groups is 1. The van der Waals surface area contributed by atoms with E-state index in [1.54, 1.807) is 0 Å². The molecule has 0 aromatic heterocycles. The summed E-state index contributed by atoms with van der Waals surface area (Å²) >= 11 is 0. The second-order valence-corrected chi connectivity index (χ2v) is 5.84. The standard InChI is InChI=1S/C14H23NO2.ClH/c1-8-6-10(7-9(2)12(8)16)11(15)13(17)14(3,4)5;/h6-7,11,13,16-17H,15H2,1-5H3;1H/t11-,13-;/m0./s1. The molecule has 104 valence electrons. The first-order valence-electron chi connectivity index (χ1n) is 5.88. The lowest BCUT2D eigenvalue weighted by molar-refractivity contribution is 0.0401. The Morgan fingerprint density at radius 1 is 1.11 bits per heavy atom. The summed E-state index contributed by atoms with van der Waals surface area (Å²) in [4.78, 5) is 0. The maximum Gasteiger partial charge on any atom is 0.121 e. The molecule has 3 nitrogen and oxygen atoms in total. The van der Waals surface area contributed by atoms with Crippen molar-refractivity contribution in [2.75, 3.05) is 0 Å². The van der Waals surface area contributed by atoms with Crippen LogP contribution in [0.2, 0.25) is 0 Å². The van der Waals surface area contributed by atoms with Crippen LogP contribution in [0, 0.1) is 19.3 Å². The molecule has 0 fully saturated rings. The molecule has 0 aliphatic heterocycles. The number of halogens is 1. The molecule has 0 aliphatic carbocycles. The Hall–Kier alpha value is -0.770. The number of phenols is 1. The van der Waals surface area contributed by atoms with Crippen molar-refractivity contribution in [3.63, 3.8) is 0 Å². The Balaban J connectivity index is 0.00000289. The maximum atomic E-state index is 10.2. The fraction of sp³-hybridized carbons (Fsp3) is 0.571. The molecule has 0 saturated heterocycles. The van der Waals surface area contributed by atoms with E-state index in [4.69, 9.17) is 5.73 Å². The molecular weight excluding hydrogens is 250 g/mol. The maximum absolute atomic E-state index is 10.2. The minimum Gasteiger partial charge on any atom is -0.507 e. The van der Waals surface area contributed by atoms with Crippen molar-refractivity contribution in [3.05, 3.63) is 28.8 Å². The lowest BCUT2D eigenvalue weighted by Gasteiger charge is -2.31. The van der Waals surface area contributed by atoms with Gasteiger partial charge >= 0.3 is 0 Å². The Morgan fingerprint density at radius 2 is 1.50 bits per heavy atom. The summed E-state index contributed by atoms with van der Waals surface area (Å²) in [5, 5.41) is 19.9. The van der Waals surface area contributed by atoms with Crippen molar-refractivity contribution in [2.24, 2.45) is 11.1 Å². The van der Waals surface area contributed by atoms with Crippen molar-refractivity contribution in [3.8, 4) is 5.75 Å².